The molecule has 2 amide bonds. The van der Waals surface area contributed by atoms with Crippen LogP contribution >= 0.6 is 27.5 Å². The van der Waals surface area contributed by atoms with Crippen molar-refractivity contribution in [2.75, 3.05) is 18.0 Å². The Bertz CT molecular complexity index is 1460. The highest BCUT2D eigenvalue weighted by molar-refractivity contribution is 9.10. The van der Waals surface area contributed by atoms with Crippen LogP contribution in [0.4, 0.5) is 5.69 Å². The Morgan fingerprint density at radius 3 is 2.20 bits per heavy atom. The monoisotopic (exact) mass is 663 g/mol. The molecule has 8 nitrogen and oxygen atoms in total. The van der Waals surface area contributed by atoms with Gasteiger partial charge in [0.05, 0.1) is 22.2 Å². The van der Waals surface area contributed by atoms with Gasteiger partial charge in [0, 0.05) is 17.6 Å². The van der Waals surface area contributed by atoms with Crippen molar-refractivity contribution in [1.82, 2.24) is 10.2 Å². The maximum Gasteiger partial charge on any atom is 0.264 e. The molecule has 1 N–H and O–H groups in total. The lowest BCUT2D eigenvalue weighted by Crippen LogP contribution is -2.53. The van der Waals surface area contributed by atoms with Gasteiger partial charge in [0.25, 0.3) is 10.0 Å². The molecule has 3 aromatic rings. The number of nitrogens with zero attached hydrogens (tertiary/aromatic N) is 2. The first kappa shape index (κ1) is 32.4. The second-order valence-corrected chi connectivity index (χ2v) is 13.0. The van der Waals surface area contributed by atoms with E-state index in [1.54, 1.807) is 54.6 Å². The maximum absolute atomic E-state index is 14.1. The van der Waals surface area contributed by atoms with Gasteiger partial charge >= 0.3 is 0 Å². The van der Waals surface area contributed by atoms with E-state index in [0.29, 0.717) is 27.4 Å². The summed E-state index contributed by atoms with van der Waals surface area (Å²) in [5, 5.41) is 3.43. The van der Waals surface area contributed by atoms with Crippen LogP contribution in [-0.4, -0.2) is 50.9 Å². The van der Waals surface area contributed by atoms with Crippen molar-refractivity contribution in [2.45, 2.75) is 57.6 Å². The van der Waals surface area contributed by atoms with E-state index < -0.39 is 28.5 Å². The fraction of sp³-hybridized carbons (Fsp3) is 0.333. The number of halogens is 2. The van der Waals surface area contributed by atoms with Crippen molar-refractivity contribution in [3.05, 3.63) is 87.4 Å². The van der Waals surface area contributed by atoms with E-state index >= 15 is 0 Å². The summed E-state index contributed by atoms with van der Waals surface area (Å²) < 4.78 is 34.9. The van der Waals surface area contributed by atoms with E-state index in [0.717, 1.165) is 15.4 Å². The molecule has 0 aliphatic rings. The molecule has 0 heterocycles. The van der Waals surface area contributed by atoms with Gasteiger partial charge in [-0.1, -0.05) is 48.4 Å². The SMILES string of the molecule is CCC(C(=O)NC(C)C)N(Cc1ccc(Cl)cc1)C(=O)CN(c1ccc(C)cc1)S(=O)(=O)c1ccc(OC)c(Br)c1. The molecule has 0 aliphatic heterocycles. The quantitative estimate of drug-likeness (QED) is 0.258. The highest BCUT2D eigenvalue weighted by atomic mass is 79.9. The molecule has 3 rings (SSSR count). The number of carbonyl (C=O) groups excluding carboxylic acids is 2. The van der Waals surface area contributed by atoms with Gasteiger partial charge in [-0.2, -0.15) is 0 Å². The zero-order chi connectivity index (χ0) is 30.3. The zero-order valence-electron chi connectivity index (χ0n) is 23.7. The van der Waals surface area contributed by atoms with E-state index in [4.69, 9.17) is 16.3 Å². The predicted molar refractivity (Wildman–Crippen MR) is 166 cm³/mol. The normalized spacial score (nSPS) is 12.1. The molecule has 0 bridgehead atoms. The van der Waals surface area contributed by atoms with Crippen LogP contribution in [0.1, 0.15) is 38.3 Å². The number of methoxy groups -OCH3 is 1. The van der Waals surface area contributed by atoms with Gasteiger partial charge in [-0.25, -0.2) is 8.42 Å². The Kier molecular flexibility index (Phi) is 11.2. The third-order valence-electron chi connectivity index (χ3n) is 6.40. The number of sulfonamides is 1. The summed E-state index contributed by atoms with van der Waals surface area (Å²) in [5.74, 6) is -0.367. The Hall–Kier alpha value is -3.08. The number of ether oxygens (including phenoxy) is 1. The average molecular weight is 665 g/mol. The van der Waals surface area contributed by atoms with Crippen LogP contribution in [0, 0.1) is 6.92 Å². The molecule has 0 spiro atoms. The first-order chi connectivity index (χ1) is 19.4. The van der Waals surface area contributed by atoms with Gasteiger partial charge < -0.3 is 15.0 Å². The summed E-state index contributed by atoms with van der Waals surface area (Å²) in [4.78, 5) is 28.7. The van der Waals surface area contributed by atoms with Crippen LogP contribution in [0.2, 0.25) is 5.02 Å². The van der Waals surface area contributed by atoms with Crippen LogP contribution in [0.25, 0.3) is 0 Å². The smallest absolute Gasteiger partial charge is 0.264 e. The fourth-order valence-corrected chi connectivity index (χ4v) is 6.52. The van der Waals surface area contributed by atoms with Crippen molar-refractivity contribution < 1.29 is 22.7 Å². The number of rotatable bonds is 12. The maximum atomic E-state index is 14.1. The van der Waals surface area contributed by atoms with E-state index in [9.17, 15) is 18.0 Å². The molecule has 0 saturated heterocycles. The predicted octanol–water partition coefficient (Wildman–Crippen LogP) is 5.95. The topological polar surface area (TPSA) is 96.0 Å². The fourth-order valence-electron chi connectivity index (χ4n) is 4.26. The number of carbonyl (C=O) groups is 2. The first-order valence-electron chi connectivity index (χ1n) is 13.1. The van der Waals surface area contributed by atoms with Crippen LogP contribution in [-0.2, 0) is 26.2 Å². The van der Waals surface area contributed by atoms with Crippen LogP contribution < -0.4 is 14.4 Å². The Morgan fingerprint density at radius 2 is 1.66 bits per heavy atom. The molecule has 1 unspecified atom stereocenters. The van der Waals surface area contributed by atoms with E-state index in [1.165, 1.54) is 24.1 Å². The highest BCUT2D eigenvalue weighted by Crippen LogP contribution is 2.31. The standard InChI is InChI=1S/C30H35BrClN3O5S/c1-6-27(30(37)33-20(2)3)34(18-22-9-11-23(32)12-10-22)29(36)19-35(24-13-7-21(4)8-14-24)41(38,39)25-15-16-28(40-5)26(31)17-25/h7-17,20,27H,6,18-19H2,1-5H3,(H,33,37). The number of benzene rings is 3. The Balaban J connectivity index is 2.08. The second-order valence-electron chi connectivity index (χ2n) is 9.88. The van der Waals surface area contributed by atoms with Gasteiger partial charge in [0.1, 0.15) is 18.3 Å². The summed E-state index contributed by atoms with van der Waals surface area (Å²) >= 11 is 9.42. The lowest BCUT2D eigenvalue weighted by molar-refractivity contribution is -0.140. The summed E-state index contributed by atoms with van der Waals surface area (Å²) in [5.41, 5.74) is 2.01. The lowest BCUT2D eigenvalue weighted by Gasteiger charge is -2.33. The van der Waals surface area contributed by atoms with Crippen molar-refractivity contribution in [3.8, 4) is 5.75 Å². The van der Waals surface area contributed by atoms with Gasteiger partial charge in [0.2, 0.25) is 11.8 Å². The summed E-state index contributed by atoms with van der Waals surface area (Å²) in [7, 11) is -2.72. The van der Waals surface area contributed by atoms with E-state index in [2.05, 4.69) is 21.2 Å². The lowest BCUT2D eigenvalue weighted by atomic mass is 10.1. The first-order valence-corrected chi connectivity index (χ1v) is 15.8. The molecule has 0 radical (unpaired) electrons. The summed E-state index contributed by atoms with van der Waals surface area (Å²) in [6.45, 7) is 6.96. The molecule has 3 aromatic carbocycles. The summed E-state index contributed by atoms with van der Waals surface area (Å²) in [6.07, 6.45) is 0.334. The number of anilines is 1. The van der Waals surface area contributed by atoms with Gasteiger partial charge in [0.15, 0.2) is 0 Å². The molecule has 11 heteroatoms. The second kappa shape index (κ2) is 14.2. The Morgan fingerprint density at radius 1 is 1.02 bits per heavy atom. The molecular formula is C30H35BrClN3O5S. The Labute approximate surface area is 255 Å². The summed E-state index contributed by atoms with van der Waals surface area (Å²) in [6, 6.07) is 17.3. The van der Waals surface area contributed by atoms with E-state index in [1.807, 2.05) is 27.7 Å². The number of aryl methyl sites for hydroxylation is 1. The molecule has 0 aliphatic carbocycles. The minimum absolute atomic E-state index is 0.0209. The molecular weight excluding hydrogens is 630 g/mol. The molecule has 220 valence electrons. The largest absolute Gasteiger partial charge is 0.496 e. The molecule has 1 atom stereocenters. The third kappa shape index (κ3) is 8.24. The van der Waals surface area contributed by atoms with Crippen molar-refractivity contribution >= 4 is 55.1 Å². The van der Waals surface area contributed by atoms with Crippen LogP contribution in [0.15, 0.2) is 76.1 Å². The molecule has 0 saturated carbocycles. The molecule has 0 aromatic heterocycles. The minimum atomic E-state index is -4.21. The highest BCUT2D eigenvalue weighted by Gasteiger charge is 2.34. The molecule has 41 heavy (non-hydrogen) atoms. The number of amides is 2. The average Bonchev–Trinajstić information content (AvgIpc) is 2.92. The number of nitrogens with one attached hydrogen (secondary N) is 1. The van der Waals surface area contributed by atoms with Gasteiger partial charge in [-0.05, 0) is 91.1 Å². The molecule has 0 fully saturated rings. The number of hydrogen-bond donors (Lipinski definition) is 1. The van der Waals surface area contributed by atoms with E-state index in [-0.39, 0.29) is 23.4 Å². The minimum Gasteiger partial charge on any atom is -0.496 e. The van der Waals surface area contributed by atoms with Gasteiger partial charge in [-0.15, -0.1) is 0 Å². The van der Waals surface area contributed by atoms with Crippen molar-refractivity contribution in [2.24, 2.45) is 0 Å². The van der Waals surface area contributed by atoms with Crippen molar-refractivity contribution in [3.63, 3.8) is 0 Å². The number of hydrogen-bond acceptors (Lipinski definition) is 5. The zero-order valence-corrected chi connectivity index (χ0v) is 26.9. The van der Waals surface area contributed by atoms with Crippen LogP contribution in [0.3, 0.4) is 0 Å². The van der Waals surface area contributed by atoms with Crippen molar-refractivity contribution in [1.29, 1.82) is 0 Å². The van der Waals surface area contributed by atoms with Gasteiger partial charge in [-0.3, -0.25) is 13.9 Å². The third-order valence-corrected chi connectivity index (χ3v) is 9.04. The van der Waals surface area contributed by atoms with Crippen LogP contribution in [0.5, 0.6) is 5.75 Å².